The number of hydrogen-bond donors (Lipinski definition) is 4. The Morgan fingerprint density at radius 2 is 2.08 bits per heavy atom. The molecule has 1 aliphatic carbocycles. The number of rotatable bonds is 3. The van der Waals surface area contributed by atoms with Gasteiger partial charge in [-0.25, -0.2) is 4.98 Å². The fourth-order valence-electron chi connectivity index (χ4n) is 2.76. The van der Waals surface area contributed by atoms with Gasteiger partial charge in [0.25, 0.3) is 5.91 Å². The average molecular weight is 323 g/mol. The number of carbonyl (C=O) groups is 1. The summed E-state index contributed by atoms with van der Waals surface area (Å²) in [7, 11) is 0. The molecule has 3 aromatic rings. The van der Waals surface area contributed by atoms with Gasteiger partial charge in [0.15, 0.2) is 5.65 Å². The Morgan fingerprint density at radius 3 is 2.75 bits per heavy atom. The number of aromatic amines is 1. The summed E-state index contributed by atoms with van der Waals surface area (Å²) in [6, 6.07) is 8.49. The molecule has 2 atom stereocenters. The van der Waals surface area contributed by atoms with Crippen molar-refractivity contribution < 1.29 is 9.90 Å². The van der Waals surface area contributed by atoms with Gasteiger partial charge in [-0.15, -0.1) is 0 Å². The average Bonchev–Trinajstić information content (AvgIpc) is 3.13. The zero-order valence-electron chi connectivity index (χ0n) is 13.1. The zero-order chi connectivity index (χ0) is 16.8. The quantitative estimate of drug-likeness (QED) is 0.582. The minimum Gasteiger partial charge on any atom is -0.508 e. The fourth-order valence-corrected chi connectivity index (χ4v) is 2.76. The molecule has 0 bridgehead atoms. The van der Waals surface area contributed by atoms with Gasteiger partial charge < -0.3 is 16.2 Å². The number of aromatic hydroxyl groups is 1. The molecule has 1 saturated carbocycles. The molecule has 0 saturated heterocycles. The molecule has 1 amide bonds. The van der Waals surface area contributed by atoms with Crippen LogP contribution in [0.25, 0.3) is 22.3 Å². The van der Waals surface area contributed by atoms with Gasteiger partial charge in [-0.2, -0.15) is 5.10 Å². The Balaban J connectivity index is 1.82. The van der Waals surface area contributed by atoms with Crippen molar-refractivity contribution in [1.29, 1.82) is 0 Å². The number of phenols is 1. The van der Waals surface area contributed by atoms with Gasteiger partial charge in [-0.1, -0.05) is 0 Å². The van der Waals surface area contributed by atoms with Crippen molar-refractivity contribution in [3.8, 4) is 17.0 Å². The molecule has 24 heavy (non-hydrogen) atoms. The van der Waals surface area contributed by atoms with E-state index >= 15 is 0 Å². The van der Waals surface area contributed by atoms with Gasteiger partial charge in [0, 0.05) is 23.3 Å². The topological polar surface area (TPSA) is 117 Å². The molecule has 0 unspecified atom stereocenters. The highest BCUT2D eigenvalue weighted by atomic mass is 16.3. The number of nitrogens with zero attached hydrogens (tertiary/aromatic N) is 2. The van der Waals surface area contributed by atoms with Crippen LogP contribution < -0.4 is 11.1 Å². The van der Waals surface area contributed by atoms with Crippen LogP contribution in [0.15, 0.2) is 30.3 Å². The Hall–Kier alpha value is -2.93. The Bertz CT molecular complexity index is 932. The number of H-pyrrole nitrogens is 1. The van der Waals surface area contributed by atoms with E-state index in [1.807, 2.05) is 6.92 Å². The van der Waals surface area contributed by atoms with E-state index in [0.29, 0.717) is 22.3 Å². The first-order valence-corrected chi connectivity index (χ1v) is 7.74. The highest BCUT2D eigenvalue weighted by molar-refractivity contribution is 6.07. The van der Waals surface area contributed by atoms with Gasteiger partial charge in [0.05, 0.1) is 16.6 Å². The van der Waals surface area contributed by atoms with Crippen molar-refractivity contribution in [1.82, 2.24) is 20.5 Å². The second kappa shape index (κ2) is 5.31. The minimum atomic E-state index is -0.176. The molecular weight excluding hydrogens is 306 g/mol. The highest BCUT2D eigenvalue weighted by Gasteiger charge is 2.35. The number of carbonyl (C=O) groups excluding carboxylic acids is 1. The number of pyridine rings is 1. The van der Waals surface area contributed by atoms with Gasteiger partial charge in [0.2, 0.25) is 0 Å². The number of benzene rings is 1. The first-order valence-electron chi connectivity index (χ1n) is 7.74. The third-order valence-corrected chi connectivity index (χ3v) is 4.27. The van der Waals surface area contributed by atoms with Crippen LogP contribution in [0.3, 0.4) is 0 Å². The predicted octanol–water partition coefficient (Wildman–Crippen LogP) is 1.47. The maximum atomic E-state index is 12.7. The van der Waals surface area contributed by atoms with E-state index in [1.54, 1.807) is 30.3 Å². The van der Waals surface area contributed by atoms with Crippen LogP contribution in [-0.2, 0) is 0 Å². The summed E-state index contributed by atoms with van der Waals surface area (Å²) in [5, 5.41) is 20.2. The number of amides is 1. The smallest absolute Gasteiger partial charge is 0.252 e. The molecule has 0 aliphatic heterocycles. The second-order valence-corrected chi connectivity index (χ2v) is 6.13. The van der Waals surface area contributed by atoms with Crippen LogP contribution in [0.2, 0.25) is 0 Å². The van der Waals surface area contributed by atoms with E-state index in [1.165, 1.54) is 0 Å². The zero-order valence-corrected chi connectivity index (χ0v) is 13.1. The lowest BCUT2D eigenvalue weighted by molar-refractivity contribution is 0.0952. The summed E-state index contributed by atoms with van der Waals surface area (Å²) < 4.78 is 0. The number of fused-ring (bicyclic) bond motifs is 1. The molecule has 7 heteroatoms. The molecule has 1 aromatic carbocycles. The fraction of sp³-hybridized carbons (Fsp3) is 0.235. The molecule has 0 radical (unpaired) electrons. The Labute approximate surface area is 137 Å². The van der Waals surface area contributed by atoms with E-state index < -0.39 is 0 Å². The maximum absolute atomic E-state index is 12.7. The van der Waals surface area contributed by atoms with Crippen LogP contribution in [0, 0.1) is 6.92 Å². The van der Waals surface area contributed by atoms with Gasteiger partial charge in [-0.05, 0) is 43.7 Å². The standard InChI is InChI=1S/C17H17N5O2/c1-8-15-11(17(24)20-14-7-12(14)18)6-13(19-16(15)22-21-8)9-2-4-10(23)5-3-9/h2-6,12,14,23H,7,18H2,1H3,(H,20,24)(H,19,21,22)/t12-,14-/m1/s1. The largest absolute Gasteiger partial charge is 0.508 e. The van der Waals surface area contributed by atoms with E-state index in [4.69, 9.17) is 5.73 Å². The summed E-state index contributed by atoms with van der Waals surface area (Å²) in [5.41, 5.74) is 9.01. The normalized spacial score (nSPS) is 19.4. The molecule has 0 spiro atoms. The Kier molecular flexibility index (Phi) is 3.24. The number of nitrogens with one attached hydrogen (secondary N) is 2. The summed E-state index contributed by atoms with van der Waals surface area (Å²) in [6.07, 6.45) is 0.801. The monoisotopic (exact) mass is 323 g/mol. The molecule has 7 nitrogen and oxygen atoms in total. The van der Waals surface area contributed by atoms with Crippen LogP contribution in [0.4, 0.5) is 0 Å². The summed E-state index contributed by atoms with van der Waals surface area (Å²) >= 11 is 0. The SMILES string of the molecule is Cc1[nH]nc2nc(-c3ccc(O)cc3)cc(C(=O)N[C@@H]3C[C@H]3N)c12. The maximum Gasteiger partial charge on any atom is 0.252 e. The highest BCUT2D eigenvalue weighted by Crippen LogP contribution is 2.27. The first-order chi connectivity index (χ1) is 11.5. The Morgan fingerprint density at radius 1 is 1.38 bits per heavy atom. The number of phenolic OH excluding ortho intramolecular Hbond substituents is 1. The van der Waals surface area contributed by atoms with Crippen molar-refractivity contribution in [2.75, 3.05) is 0 Å². The van der Waals surface area contributed by atoms with Crippen molar-refractivity contribution in [2.45, 2.75) is 25.4 Å². The number of aromatic nitrogens is 3. The van der Waals surface area contributed by atoms with Gasteiger partial charge in [-0.3, -0.25) is 9.89 Å². The number of hydrogen-bond acceptors (Lipinski definition) is 5. The van der Waals surface area contributed by atoms with Gasteiger partial charge in [0.1, 0.15) is 5.75 Å². The predicted molar refractivity (Wildman–Crippen MR) is 89.6 cm³/mol. The van der Waals surface area contributed by atoms with Gasteiger partial charge >= 0.3 is 0 Å². The first kappa shape index (κ1) is 14.6. The minimum absolute atomic E-state index is 0.0324. The summed E-state index contributed by atoms with van der Waals surface area (Å²) in [6.45, 7) is 1.86. The number of aryl methyl sites for hydroxylation is 1. The van der Waals surface area contributed by atoms with Crippen LogP contribution in [0.5, 0.6) is 5.75 Å². The molecule has 4 rings (SSSR count). The molecule has 5 N–H and O–H groups in total. The molecule has 122 valence electrons. The molecule has 1 fully saturated rings. The molecule has 1 aliphatic rings. The van der Waals surface area contributed by atoms with Crippen LogP contribution in [-0.4, -0.2) is 38.3 Å². The molecular formula is C17H17N5O2. The molecule has 2 heterocycles. The molecule has 2 aromatic heterocycles. The summed E-state index contributed by atoms with van der Waals surface area (Å²) in [5.74, 6) is 0.000933. The van der Waals surface area contributed by atoms with E-state index in [-0.39, 0.29) is 23.7 Å². The van der Waals surface area contributed by atoms with Crippen molar-refractivity contribution in [3.05, 3.63) is 41.6 Å². The van der Waals surface area contributed by atoms with E-state index in [2.05, 4.69) is 20.5 Å². The second-order valence-electron chi connectivity index (χ2n) is 6.13. The van der Waals surface area contributed by atoms with Crippen LogP contribution >= 0.6 is 0 Å². The van der Waals surface area contributed by atoms with Crippen molar-refractivity contribution in [2.24, 2.45) is 5.73 Å². The van der Waals surface area contributed by atoms with E-state index in [9.17, 15) is 9.90 Å². The van der Waals surface area contributed by atoms with Crippen molar-refractivity contribution in [3.63, 3.8) is 0 Å². The number of nitrogens with two attached hydrogens (primary N) is 1. The summed E-state index contributed by atoms with van der Waals surface area (Å²) in [4.78, 5) is 17.2. The van der Waals surface area contributed by atoms with Crippen molar-refractivity contribution >= 4 is 16.9 Å². The third-order valence-electron chi connectivity index (χ3n) is 4.27. The van der Waals surface area contributed by atoms with E-state index in [0.717, 1.165) is 17.7 Å². The lowest BCUT2D eigenvalue weighted by Crippen LogP contribution is -2.29. The lowest BCUT2D eigenvalue weighted by atomic mass is 10.0. The lowest BCUT2D eigenvalue weighted by Gasteiger charge is -2.08. The van der Waals surface area contributed by atoms with Crippen LogP contribution in [0.1, 0.15) is 22.5 Å². The third kappa shape index (κ3) is 2.48.